The minimum atomic E-state index is -0.513. The smallest absolute Gasteiger partial charge is 0.175 e. The topological polar surface area (TPSA) is 24.1 Å². The van der Waals surface area contributed by atoms with Crippen molar-refractivity contribution >= 4 is 40.3 Å². The summed E-state index contributed by atoms with van der Waals surface area (Å²) in [5.41, 5.74) is 4.55. The Kier molecular flexibility index (Phi) is 4.80. The predicted octanol–water partition coefficient (Wildman–Crippen LogP) is 5.21. The minimum Gasteiger partial charge on any atom is -0.332 e. The van der Waals surface area contributed by atoms with Crippen molar-refractivity contribution in [1.82, 2.24) is 0 Å². The Bertz CT molecular complexity index is 678. The largest absolute Gasteiger partial charge is 0.332 e. The molecule has 0 aliphatic rings. The van der Waals surface area contributed by atoms with Crippen LogP contribution in [-0.4, -0.2) is 5.11 Å². The lowest BCUT2D eigenvalue weighted by Gasteiger charge is -2.16. The summed E-state index contributed by atoms with van der Waals surface area (Å²) in [7, 11) is 0. The number of rotatable bonds is 2. The molecule has 0 spiro atoms. The molecule has 5 heteroatoms. The van der Waals surface area contributed by atoms with E-state index in [4.69, 9.17) is 23.8 Å². The molecule has 2 rings (SSSR count). The van der Waals surface area contributed by atoms with Gasteiger partial charge in [0.25, 0.3) is 0 Å². The van der Waals surface area contributed by atoms with Crippen LogP contribution in [0.25, 0.3) is 0 Å². The molecule has 2 aromatic carbocycles. The lowest BCUT2D eigenvalue weighted by molar-refractivity contribution is 0.632. The molecule has 0 amide bonds. The third kappa shape index (κ3) is 3.71. The van der Waals surface area contributed by atoms with Gasteiger partial charge >= 0.3 is 0 Å². The van der Waals surface area contributed by atoms with Crippen LogP contribution in [0.15, 0.2) is 30.3 Å². The fourth-order valence-electron chi connectivity index (χ4n) is 2.24. The highest BCUT2D eigenvalue weighted by molar-refractivity contribution is 7.80. The van der Waals surface area contributed by atoms with Crippen LogP contribution < -0.4 is 10.6 Å². The van der Waals surface area contributed by atoms with E-state index in [1.807, 2.05) is 20.8 Å². The first-order chi connectivity index (χ1) is 9.88. The van der Waals surface area contributed by atoms with Gasteiger partial charge in [-0.05, 0) is 56.2 Å². The molecule has 0 unspecified atom stereocenters. The van der Waals surface area contributed by atoms with Crippen molar-refractivity contribution in [2.24, 2.45) is 0 Å². The van der Waals surface area contributed by atoms with E-state index in [-0.39, 0.29) is 10.7 Å². The third-order valence-corrected chi connectivity index (χ3v) is 3.61. The Hall–Kier alpha value is -1.65. The van der Waals surface area contributed by atoms with Gasteiger partial charge in [0.2, 0.25) is 0 Å². The Morgan fingerprint density at radius 3 is 2.33 bits per heavy atom. The third-order valence-electron chi connectivity index (χ3n) is 3.12. The van der Waals surface area contributed by atoms with Crippen molar-refractivity contribution in [2.45, 2.75) is 20.8 Å². The molecule has 2 aromatic rings. The van der Waals surface area contributed by atoms with Crippen LogP contribution in [-0.2, 0) is 0 Å². The Labute approximate surface area is 134 Å². The van der Waals surface area contributed by atoms with Gasteiger partial charge in [-0.3, -0.25) is 0 Å². The summed E-state index contributed by atoms with van der Waals surface area (Å²) in [5, 5.41) is 6.33. The van der Waals surface area contributed by atoms with Gasteiger partial charge in [0.05, 0.1) is 10.7 Å². The van der Waals surface area contributed by atoms with Gasteiger partial charge in [0.15, 0.2) is 10.9 Å². The van der Waals surface area contributed by atoms with E-state index < -0.39 is 5.82 Å². The van der Waals surface area contributed by atoms with E-state index in [2.05, 4.69) is 22.8 Å². The molecular formula is C16H16ClFN2S. The number of aryl methyl sites for hydroxylation is 3. The van der Waals surface area contributed by atoms with Gasteiger partial charge in [0, 0.05) is 5.69 Å². The summed E-state index contributed by atoms with van der Waals surface area (Å²) in [6.07, 6.45) is 0. The van der Waals surface area contributed by atoms with Crippen LogP contribution in [0.5, 0.6) is 0 Å². The standard InChI is InChI=1S/C16H16ClFN2S/c1-9-7-10(2)15(11(3)8-9)20-16(21)19-13-6-4-5-12(17)14(13)18/h4-8H,1-3H3,(H2,19,20,21). The number of hydrogen-bond acceptors (Lipinski definition) is 1. The first-order valence-electron chi connectivity index (χ1n) is 6.48. The Balaban J connectivity index is 2.18. The van der Waals surface area contributed by atoms with Gasteiger partial charge < -0.3 is 10.6 Å². The molecule has 2 N–H and O–H groups in total. The SMILES string of the molecule is Cc1cc(C)c(NC(=S)Nc2cccc(Cl)c2F)c(C)c1. The van der Waals surface area contributed by atoms with E-state index in [0.717, 1.165) is 16.8 Å². The summed E-state index contributed by atoms with van der Waals surface area (Å²) in [6.45, 7) is 6.05. The van der Waals surface area contributed by atoms with E-state index in [1.54, 1.807) is 12.1 Å². The molecule has 0 saturated heterocycles. The monoisotopic (exact) mass is 322 g/mol. The molecule has 21 heavy (non-hydrogen) atoms. The Morgan fingerprint density at radius 2 is 1.71 bits per heavy atom. The average molecular weight is 323 g/mol. The summed E-state index contributed by atoms with van der Waals surface area (Å²) in [6, 6.07) is 8.88. The molecule has 0 heterocycles. The number of benzene rings is 2. The first-order valence-corrected chi connectivity index (χ1v) is 7.27. The van der Waals surface area contributed by atoms with Crippen LogP contribution in [0, 0.1) is 26.6 Å². The highest BCUT2D eigenvalue weighted by atomic mass is 35.5. The van der Waals surface area contributed by atoms with Crippen molar-refractivity contribution in [3.63, 3.8) is 0 Å². The van der Waals surface area contributed by atoms with Gasteiger partial charge in [-0.15, -0.1) is 0 Å². The quantitative estimate of drug-likeness (QED) is 0.742. The lowest BCUT2D eigenvalue weighted by Crippen LogP contribution is -2.21. The maximum Gasteiger partial charge on any atom is 0.175 e. The van der Waals surface area contributed by atoms with E-state index >= 15 is 0 Å². The summed E-state index contributed by atoms with van der Waals surface area (Å²) < 4.78 is 13.8. The summed E-state index contributed by atoms with van der Waals surface area (Å²) in [5.74, 6) is -0.513. The van der Waals surface area contributed by atoms with Crippen LogP contribution in [0.2, 0.25) is 5.02 Å². The van der Waals surface area contributed by atoms with Gasteiger partial charge in [0.1, 0.15) is 0 Å². The van der Waals surface area contributed by atoms with Crippen molar-refractivity contribution < 1.29 is 4.39 Å². The van der Waals surface area contributed by atoms with Gasteiger partial charge in [-0.2, -0.15) is 0 Å². The fourth-order valence-corrected chi connectivity index (χ4v) is 2.63. The predicted molar refractivity (Wildman–Crippen MR) is 91.9 cm³/mol. The molecular weight excluding hydrogens is 307 g/mol. The maximum absolute atomic E-state index is 13.8. The van der Waals surface area contributed by atoms with Crippen molar-refractivity contribution in [2.75, 3.05) is 10.6 Å². The molecule has 0 fully saturated rings. The van der Waals surface area contributed by atoms with Crippen LogP contribution >= 0.6 is 23.8 Å². The highest BCUT2D eigenvalue weighted by Gasteiger charge is 2.09. The lowest BCUT2D eigenvalue weighted by atomic mass is 10.1. The summed E-state index contributed by atoms with van der Waals surface area (Å²) in [4.78, 5) is 0. The first kappa shape index (κ1) is 15.7. The van der Waals surface area contributed by atoms with Crippen LogP contribution in [0.4, 0.5) is 15.8 Å². The van der Waals surface area contributed by atoms with Gasteiger partial charge in [-0.25, -0.2) is 4.39 Å². The highest BCUT2D eigenvalue weighted by Crippen LogP contribution is 2.24. The van der Waals surface area contributed by atoms with Gasteiger partial charge in [-0.1, -0.05) is 35.4 Å². The molecule has 0 aliphatic carbocycles. The molecule has 0 saturated carbocycles. The normalized spacial score (nSPS) is 10.3. The van der Waals surface area contributed by atoms with E-state index in [0.29, 0.717) is 5.11 Å². The number of thiocarbonyl (C=S) groups is 1. The summed E-state index contributed by atoms with van der Waals surface area (Å²) >= 11 is 11.0. The average Bonchev–Trinajstić information content (AvgIpc) is 2.39. The number of nitrogens with one attached hydrogen (secondary N) is 2. The molecule has 110 valence electrons. The zero-order valence-electron chi connectivity index (χ0n) is 12.1. The number of hydrogen-bond donors (Lipinski definition) is 2. The van der Waals surface area contributed by atoms with E-state index in [1.165, 1.54) is 11.6 Å². The van der Waals surface area contributed by atoms with Crippen LogP contribution in [0.1, 0.15) is 16.7 Å². The van der Waals surface area contributed by atoms with E-state index in [9.17, 15) is 4.39 Å². The minimum absolute atomic E-state index is 0.0606. The molecule has 0 aliphatic heterocycles. The Morgan fingerprint density at radius 1 is 1.10 bits per heavy atom. The van der Waals surface area contributed by atoms with Crippen LogP contribution in [0.3, 0.4) is 0 Å². The number of anilines is 2. The zero-order valence-corrected chi connectivity index (χ0v) is 13.6. The fraction of sp³-hybridized carbons (Fsp3) is 0.188. The molecule has 2 nitrogen and oxygen atoms in total. The van der Waals surface area contributed by atoms with Crippen molar-refractivity contribution in [3.05, 3.63) is 57.9 Å². The number of halogens is 2. The maximum atomic E-state index is 13.8. The van der Waals surface area contributed by atoms with Crippen molar-refractivity contribution in [3.8, 4) is 0 Å². The van der Waals surface area contributed by atoms with Crippen molar-refractivity contribution in [1.29, 1.82) is 0 Å². The molecule has 0 radical (unpaired) electrons. The molecule has 0 aromatic heterocycles. The second-order valence-corrected chi connectivity index (χ2v) is 5.77. The second-order valence-electron chi connectivity index (χ2n) is 4.95. The zero-order chi connectivity index (χ0) is 15.6. The molecule has 0 bridgehead atoms. The second kappa shape index (κ2) is 6.41. The molecule has 0 atom stereocenters.